The van der Waals surface area contributed by atoms with Crippen molar-refractivity contribution < 1.29 is 19.7 Å². The molecule has 0 radical (unpaired) electrons. The fourth-order valence-electron chi connectivity index (χ4n) is 3.60. The Kier molecular flexibility index (Phi) is 2.99. The molecule has 0 aromatic rings. The summed E-state index contributed by atoms with van der Waals surface area (Å²) in [7, 11) is 0. The second kappa shape index (κ2) is 3.95. The number of hydrogen-bond acceptors (Lipinski definition) is 4. The molecule has 0 spiro atoms. The standard InChI is InChI=1S/C13H22O4/c1-12(2)8-4-5-13(12,3)10(6-8)17-11(16)9(15)7-14/h8-10,14-15H,4-7H2,1-3H3/t8-,9?,10+,13-/m0/s1. The zero-order valence-electron chi connectivity index (χ0n) is 10.8. The van der Waals surface area contributed by atoms with E-state index in [9.17, 15) is 9.90 Å². The summed E-state index contributed by atoms with van der Waals surface area (Å²) in [5.74, 6) is -0.0985. The lowest BCUT2D eigenvalue weighted by atomic mass is 9.70. The van der Waals surface area contributed by atoms with Crippen LogP contribution in [0.1, 0.15) is 40.0 Å². The van der Waals surface area contributed by atoms with Crippen molar-refractivity contribution in [1.29, 1.82) is 0 Å². The summed E-state index contributed by atoms with van der Waals surface area (Å²) in [6.07, 6.45) is 1.62. The summed E-state index contributed by atoms with van der Waals surface area (Å²) in [6.45, 7) is 6.07. The molecule has 4 nitrogen and oxygen atoms in total. The number of esters is 1. The minimum absolute atomic E-state index is 0.00248. The molecule has 2 N–H and O–H groups in total. The monoisotopic (exact) mass is 242 g/mol. The van der Waals surface area contributed by atoms with Gasteiger partial charge < -0.3 is 14.9 Å². The van der Waals surface area contributed by atoms with Gasteiger partial charge in [0.05, 0.1) is 6.61 Å². The third-order valence-electron chi connectivity index (χ3n) is 5.42. The second-order valence-corrected chi connectivity index (χ2v) is 6.23. The van der Waals surface area contributed by atoms with Crippen molar-refractivity contribution in [2.45, 2.75) is 52.2 Å². The van der Waals surface area contributed by atoms with E-state index in [1.165, 1.54) is 6.42 Å². The maximum atomic E-state index is 11.5. The summed E-state index contributed by atoms with van der Waals surface area (Å²) in [5.41, 5.74) is 0.185. The molecule has 2 aliphatic rings. The molecule has 0 aromatic heterocycles. The molecule has 0 heterocycles. The topological polar surface area (TPSA) is 66.8 Å². The zero-order chi connectivity index (χ0) is 12.8. The number of carbonyl (C=O) groups excluding carboxylic acids is 1. The first kappa shape index (κ1) is 12.8. The summed E-state index contributed by atoms with van der Waals surface area (Å²) in [5, 5.41) is 18.0. The van der Waals surface area contributed by atoms with E-state index < -0.39 is 18.7 Å². The van der Waals surface area contributed by atoms with Gasteiger partial charge >= 0.3 is 5.97 Å². The highest BCUT2D eigenvalue weighted by Crippen LogP contribution is 2.66. The molecule has 2 aliphatic carbocycles. The lowest BCUT2D eigenvalue weighted by Gasteiger charge is -2.38. The van der Waals surface area contributed by atoms with Crippen LogP contribution in [-0.4, -0.2) is 35.0 Å². The van der Waals surface area contributed by atoms with Crippen molar-refractivity contribution in [2.75, 3.05) is 6.61 Å². The zero-order valence-corrected chi connectivity index (χ0v) is 10.8. The molecule has 1 unspecified atom stereocenters. The van der Waals surface area contributed by atoms with Crippen molar-refractivity contribution in [3.8, 4) is 0 Å². The lowest BCUT2D eigenvalue weighted by molar-refractivity contribution is -0.168. The van der Waals surface area contributed by atoms with Gasteiger partial charge in [0.1, 0.15) is 6.10 Å². The van der Waals surface area contributed by atoms with Crippen molar-refractivity contribution in [1.82, 2.24) is 0 Å². The molecular formula is C13H22O4. The van der Waals surface area contributed by atoms with E-state index in [4.69, 9.17) is 9.84 Å². The summed E-state index contributed by atoms with van der Waals surface area (Å²) in [6, 6.07) is 0. The first-order valence-electron chi connectivity index (χ1n) is 6.32. The molecule has 2 rings (SSSR count). The van der Waals surface area contributed by atoms with E-state index >= 15 is 0 Å². The number of carbonyl (C=O) groups is 1. The smallest absolute Gasteiger partial charge is 0.337 e. The fourth-order valence-corrected chi connectivity index (χ4v) is 3.60. The normalized spacial score (nSPS) is 40.3. The molecule has 2 bridgehead atoms. The van der Waals surface area contributed by atoms with Gasteiger partial charge in [0.2, 0.25) is 0 Å². The van der Waals surface area contributed by atoms with Gasteiger partial charge in [-0.3, -0.25) is 0 Å². The minimum Gasteiger partial charge on any atom is -0.460 e. The van der Waals surface area contributed by atoms with Gasteiger partial charge in [-0.25, -0.2) is 4.79 Å². The van der Waals surface area contributed by atoms with Gasteiger partial charge in [-0.15, -0.1) is 0 Å². The molecule has 0 aliphatic heterocycles. The van der Waals surface area contributed by atoms with Crippen LogP contribution in [-0.2, 0) is 9.53 Å². The van der Waals surface area contributed by atoms with Crippen LogP contribution < -0.4 is 0 Å². The van der Waals surface area contributed by atoms with Crippen LogP contribution in [0.3, 0.4) is 0 Å². The highest BCUT2D eigenvalue weighted by Gasteiger charge is 2.62. The van der Waals surface area contributed by atoms with E-state index in [0.717, 1.165) is 12.8 Å². The van der Waals surface area contributed by atoms with Gasteiger partial charge in [0, 0.05) is 5.41 Å². The third kappa shape index (κ3) is 1.69. The van der Waals surface area contributed by atoms with Gasteiger partial charge in [-0.1, -0.05) is 20.8 Å². The van der Waals surface area contributed by atoms with Crippen LogP contribution in [0, 0.1) is 16.7 Å². The Morgan fingerprint density at radius 3 is 2.53 bits per heavy atom. The van der Waals surface area contributed by atoms with Crippen molar-refractivity contribution in [3.63, 3.8) is 0 Å². The summed E-state index contributed by atoms with van der Waals surface area (Å²) in [4.78, 5) is 11.5. The van der Waals surface area contributed by atoms with Crippen LogP contribution in [0.4, 0.5) is 0 Å². The van der Waals surface area contributed by atoms with Gasteiger partial charge in [0.15, 0.2) is 6.10 Å². The van der Waals surface area contributed by atoms with Gasteiger partial charge in [-0.2, -0.15) is 0 Å². The first-order valence-corrected chi connectivity index (χ1v) is 6.32. The van der Waals surface area contributed by atoms with Crippen LogP contribution in [0.25, 0.3) is 0 Å². The maximum Gasteiger partial charge on any atom is 0.337 e. The number of rotatable bonds is 3. The molecule has 17 heavy (non-hydrogen) atoms. The van der Waals surface area contributed by atoms with E-state index in [-0.39, 0.29) is 16.9 Å². The van der Waals surface area contributed by atoms with Crippen molar-refractivity contribution in [3.05, 3.63) is 0 Å². The predicted octanol–water partition coefficient (Wildman–Crippen LogP) is 1.10. The number of aliphatic hydroxyl groups excluding tert-OH is 2. The van der Waals surface area contributed by atoms with Gasteiger partial charge in [0.25, 0.3) is 0 Å². The molecule has 2 fully saturated rings. The van der Waals surface area contributed by atoms with E-state index in [1.54, 1.807) is 0 Å². The Bertz CT molecular complexity index is 325. The number of ether oxygens (including phenoxy) is 1. The van der Waals surface area contributed by atoms with E-state index in [0.29, 0.717) is 5.92 Å². The highest BCUT2D eigenvalue weighted by molar-refractivity contribution is 5.74. The summed E-state index contributed by atoms with van der Waals surface area (Å²) < 4.78 is 5.39. The van der Waals surface area contributed by atoms with Crippen molar-refractivity contribution >= 4 is 5.97 Å². The Hall–Kier alpha value is -0.610. The second-order valence-electron chi connectivity index (χ2n) is 6.23. The molecule has 0 aromatic carbocycles. The van der Waals surface area contributed by atoms with Crippen LogP contribution >= 0.6 is 0 Å². The maximum absolute atomic E-state index is 11.5. The largest absolute Gasteiger partial charge is 0.460 e. The average molecular weight is 242 g/mol. The van der Waals surface area contributed by atoms with Crippen molar-refractivity contribution in [2.24, 2.45) is 16.7 Å². The lowest BCUT2D eigenvalue weighted by Crippen LogP contribution is -2.40. The van der Waals surface area contributed by atoms with Crippen LogP contribution in [0.15, 0.2) is 0 Å². The average Bonchev–Trinajstić information content (AvgIpc) is 2.60. The Morgan fingerprint density at radius 2 is 2.12 bits per heavy atom. The minimum atomic E-state index is -1.40. The highest BCUT2D eigenvalue weighted by atomic mass is 16.6. The first-order chi connectivity index (χ1) is 7.83. The molecule has 98 valence electrons. The number of aliphatic hydroxyl groups is 2. The molecule has 0 saturated heterocycles. The predicted molar refractivity (Wildman–Crippen MR) is 62.2 cm³/mol. The molecule has 0 amide bonds. The molecular weight excluding hydrogens is 220 g/mol. The Morgan fingerprint density at radius 1 is 1.47 bits per heavy atom. The molecule has 4 heteroatoms. The van der Waals surface area contributed by atoms with Crippen LogP contribution in [0.5, 0.6) is 0 Å². The van der Waals surface area contributed by atoms with E-state index in [2.05, 4.69) is 20.8 Å². The van der Waals surface area contributed by atoms with Crippen LogP contribution in [0.2, 0.25) is 0 Å². The molecule has 2 saturated carbocycles. The van der Waals surface area contributed by atoms with Gasteiger partial charge in [-0.05, 0) is 30.6 Å². The SMILES string of the molecule is CC1(C)[C@H]2CC[C@@]1(C)[C@H](OC(=O)C(O)CO)C2. The Labute approximate surface area is 102 Å². The quantitative estimate of drug-likeness (QED) is 0.727. The number of fused-ring (bicyclic) bond motifs is 2. The van der Waals surface area contributed by atoms with E-state index in [1.807, 2.05) is 0 Å². The Balaban J connectivity index is 2.08. The molecule has 4 atom stereocenters. The summed E-state index contributed by atoms with van der Waals surface area (Å²) >= 11 is 0. The third-order valence-corrected chi connectivity index (χ3v) is 5.42. The number of hydrogen-bond donors (Lipinski definition) is 2. The fraction of sp³-hybridized carbons (Fsp3) is 0.923.